The molecule has 0 spiro atoms. The number of aromatic nitrogens is 3. The molecule has 0 amide bonds. The molecule has 1 aliphatic rings. The second-order valence-corrected chi connectivity index (χ2v) is 7.06. The van der Waals surface area contributed by atoms with Crippen molar-refractivity contribution in [3.63, 3.8) is 0 Å². The zero-order chi connectivity index (χ0) is 14.9. The van der Waals surface area contributed by atoms with Crippen molar-refractivity contribution in [1.82, 2.24) is 20.5 Å². The maximum atomic E-state index is 13.4. The van der Waals surface area contributed by atoms with Gasteiger partial charge in [0.15, 0.2) is 9.84 Å². The third-order valence-electron chi connectivity index (χ3n) is 3.58. The van der Waals surface area contributed by atoms with Gasteiger partial charge in [-0.2, -0.15) is 5.10 Å². The molecule has 0 aliphatic carbocycles. The van der Waals surface area contributed by atoms with Crippen LogP contribution in [0.5, 0.6) is 0 Å². The van der Waals surface area contributed by atoms with Gasteiger partial charge in [0.2, 0.25) is 0 Å². The number of nitrogens with one attached hydrogen (secondary N) is 2. The Balaban J connectivity index is 1.76. The molecular formula is C13H15FN4O2S. The van der Waals surface area contributed by atoms with Gasteiger partial charge in [0.25, 0.3) is 0 Å². The molecule has 2 aromatic rings. The van der Waals surface area contributed by atoms with E-state index in [1.807, 2.05) is 0 Å². The van der Waals surface area contributed by atoms with Gasteiger partial charge in [-0.15, -0.1) is 0 Å². The maximum absolute atomic E-state index is 13.4. The van der Waals surface area contributed by atoms with Crippen LogP contribution in [-0.4, -0.2) is 35.9 Å². The van der Waals surface area contributed by atoms with E-state index in [4.69, 9.17) is 0 Å². The van der Waals surface area contributed by atoms with Gasteiger partial charge in [0.05, 0.1) is 10.6 Å². The Labute approximate surface area is 121 Å². The first-order valence-corrected chi connectivity index (χ1v) is 8.31. The van der Waals surface area contributed by atoms with Crippen LogP contribution in [0.3, 0.4) is 0 Å². The summed E-state index contributed by atoms with van der Waals surface area (Å²) in [6.45, 7) is 0.607. The second kappa shape index (κ2) is 5.53. The topological polar surface area (TPSA) is 87.7 Å². The largest absolute Gasteiger partial charge is 0.309 e. The summed E-state index contributed by atoms with van der Waals surface area (Å²) in [6.07, 6.45) is 2.52. The van der Waals surface area contributed by atoms with E-state index in [-0.39, 0.29) is 16.7 Å². The van der Waals surface area contributed by atoms with Crippen LogP contribution in [0, 0.1) is 5.82 Å². The minimum Gasteiger partial charge on any atom is -0.309 e. The zero-order valence-corrected chi connectivity index (χ0v) is 12.0. The number of rotatable bonds is 4. The minimum atomic E-state index is -3.30. The van der Waals surface area contributed by atoms with Crippen LogP contribution >= 0.6 is 0 Å². The molecule has 0 saturated heterocycles. The van der Waals surface area contributed by atoms with Gasteiger partial charge >= 0.3 is 0 Å². The monoisotopic (exact) mass is 310 g/mol. The van der Waals surface area contributed by atoms with E-state index in [2.05, 4.69) is 20.5 Å². The van der Waals surface area contributed by atoms with Crippen molar-refractivity contribution in [2.75, 3.05) is 12.3 Å². The fourth-order valence-electron chi connectivity index (χ4n) is 2.54. The van der Waals surface area contributed by atoms with Gasteiger partial charge in [-0.05, 0) is 30.2 Å². The van der Waals surface area contributed by atoms with Gasteiger partial charge in [-0.25, -0.2) is 17.8 Å². The number of sulfone groups is 1. The second-order valence-electron chi connectivity index (χ2n) is 4.98. The predicted molar refractivity (Wildman–Crippen MR) is 73.9 cm³/mol. The smallest absolute Gasteiger partial charge is 0.178 e. The van der Waals surface area contributed by atoms with Crippen LogP contribution in [0.15, 0.2) is 29.4 Å². The van der Waals surface area contributed by atoms with Crippen molar-refractivity contribution < 1.29 is 12.8 Å². The number of benzene rings is 1. The lowest BCUT2D eigenvalue weighted by molar-refractivity contribution is 0.488. The standard InChI is InChI=1S/C13H15FN4O2S/c14-9-1-2-12-10(7-9)11(4-6-21(12,19)20)15-5-3-13-16-8-17-18-13/h1-2,7-8,11,15H,3-6H2,(H,16,17,18). The SMILES string of the molecule is O=S1(=O)CCC(NCCc2ncn[nH]2)c2cc(F)ccc21. The van der Waals surface area contributed by atoms with Crippen LogP contribution in [-0.2, 0) is 16.3 Å². The first kappa shape index (κ1) is 14.2. The lowest BCUT2D eigenvalue weighted by atomic mass is 10.0. The summed E-state index contributed by atoms with van der Waals surface area (Å²) in [6, 6.07) is 3.68. The molecule has 112 valence electrons. The highest BCUT2D eigenvalue weighted by molar-refractivity contribution is 7.91. The van der Waals surface area contributed by atoms with Crippen LogP contribution in [0.1, 0.15) is 23.9 Å². The third kappa shape index (κ3) is 2.96. The van der Waals surface area contributed by atoms with Gasteiger partial charge in [0, 0.05) is 19.0 Å². The summed E-state index contributed by atoms with van der Waals surface area (Å²) in [5, 5.41) is 9.78. The Morgan fingerprint density at radius 3 is 3.05 bits per heavy atom. The van der Waals surface area contributed by atoms with Crippen LogP contribution < -0.4 is 5.32 Å². The summed E-state index contributed by atoms with van der Waals surface area (Å²) < 4.78 is 37.5. The quantitative estimate of drug-likeness (QED) is 0.822. The molecule has 2 heterocycles. The van der Waals surface area contributed by atoms with Gasteiger partial charge in [-0.1, -0.05) is 0 Å². The van der Waals surface area contributed by atoms with Gasteiger partial charge in [-0.3, -0.25) is 5.10 Å². The van der Waals surface area contributed by atoms with E-state index in [0.717, 1.165) is 5.82 Å². The molecule has 1 aromatic carbocycles. The predicted octanol–water partition coefficient (Wildman–Crippen LogP) is 0.995. The van der Waals surface area contributed by atoms with E-state index in [1.54, 1.807) is 0 Å². The summed E-state index contributed by atoms with van der Waals surface area (Å²) in [7, 11) is -3.30. The first-order chi connectivity index (χ1) is 10.1. The van der Waals surface area contributed by atoms with Crippen LogP contribution in [0.4, 0.5) is 4.39 Å². The summed E-state index contributed by atoms with van der Waals surface area (Å²) in [4.78, 5) is 4.25. The molecule has 1 unspecified atom stereocenters. The third-order valence-corrected chi connectivity index (χ3v) is 5.39. The van der Waals surface area contributed by atoms with E-state index in [0.29, 0.717) is 24.9 Å². The molecule has 0 bridgehead atoms. The van der Waals surface area contributed by atoms with Crippen molar-refractivity contribution in [3.05, 3.63) is 41.7 Å². The molecule has 6 nitrogen and oxygen atoms in total. The number of H-pyrrole nitrogens is 1. The normalized spacial score (nSPS) is 20.1. The highest BCUT2D eigenvalue weighted by atomic mass is 32.2. The average Bonchev–Trinajstić information content (AvgIpc) is 2.94. The first-order valence-electron chi connectivity index (χ1n) is 6.66. The number of hydrogen-bond donors (Lipinski definition) is 2. The summed E-state index contributed by atoms with van der Waals surface area (Å²) in [5.41, 5.74) is 0.513. The lowest BCUT2D eigenvalue weighted by Crippen LogP contribution is -2.31. The Morgan fingerprint density at radius 1 is 1.43 bits per heavy atom. The lowest BCUT2D eigenvalue weighted by Gasteiger charge is -2.26. The highest BCUT2D eigenvalue weighted by Crippen LogP contribution is 2.32. The van der Waals surface area contributed by atoms with Crippen molar-refractivity contribution >= 4 is 9.84 Å². The molecule has 0 saturated carbocycles. The molecule has 21 heavy (non-hydrogen) atoms. The average molecular weight is 310 g/mol. The van der Waals surface area contributed by atoms with Crippen molar-refractivity contribution in [2.24, 2.45) is 0 Å². The Morgan fingerprint density at radius 2 is 2.29 bits per heavy atom. The molecule has 3 rings (SSSR count). The fraction of sp³-hybridized carbons (Fsp3) is 0.385. The summed E-state index contributed by atoms with van der Waals surface area (Å²) >= 11 is 0. The molecule has 0 radical (unpaired) electrons. The molecule has 0 fully saturated rings. The molecule has 8 heteroatoms. The van der Waals surface area contributed by atoms with Crippen LogP contribution in [0.25, 0.3) is 0 Å². The number of nitrogens with zero attached hydrogens (tertiary/aromatic N) is 2. The Bertz CT molecular complexity index is 731. The van der Waals surface area contributed by atoms with E-state index in [1.165, 1.54) is 24.5 Å². The summed E-state index contributed by atoms with van der Waals surface area (Å²) in [5.74, 6) is 0.407. The van der Waals surface area contributed by atoms with E-state index >= 15 is 0 Å². The fourth-order valence-corrected chi connectivity index (χ4v) is 4.14. The Kier molecular flexibility index (Phi) is 3.73. The minimum absolute atomic E-state index is 0.0750. The maximum Gasteiger partial charge on any atom is 0.178 e. The molecule has 2 N–H and O–H groups in total. The van der Waals surface area contributed by atoms with Crippen LogP contribution in [0.2, 0.25) is 0 Å². The highest BCUT2D eigenvalue weighted by Gasteiger charge is 2.30. The zero-order valence-electron chi connectivity index (χ0n) is 11.2. The van der Waals surface area contributed by atoms with Gasteiger partial charge in [0.1, 0.15) is 18.0 Å². The van der Waals surface area contributed by atoms with E-state index < -0.39 is 15.7 Å². The molecule has 1 aliphatic heterocycles. The van der Waals surface area contributed by atoms with Crippen molar-refractivity contribution in [3.8, 4) is 0 Å². The number of fused-ring (bicyclic) bond motifs is 1. The Hall–Kier alpha value is -1.80. The van der Waals surface area contributed by atoms with Crippen molar-refractivity contribution in [1.29, 1.82) is 0 Å². The number of aromatic amines is 1. The van der Waals surface area contributed by atoms with Gasteiger partial charge < -0.3 is 5.32 Å². The number of halogens is 1. The molecule has 1 aromatic heterocycles. The molecular weight excluding hydrogens is 295 g/mol. The number of hydrogen-bond acceptors (Lipinski definition) is 5. The van der Waals surface area contributed by atoms with E-state index in [9.17, 15) is 12.8 Å². The molecule has 1 atom stereocenters. The van der Waals surface area contributed by atoms with Crippen molar-refractivity contribution in [2.45, 2.75) is 23.8 Å².